The highest BCUT2D eigenvalue weighted by Crippen LogP contribution is 2.08. The predicted octanol–water partition coefficient (Wildman–Crippen LogP) is 0.787. The molecule has 0 spiro atoms. The van der Waals surface area contributed by atoms with E-state index >= 15 is 0 Å². The van der Waals surface area contributed by atoms with Crippen LogP contribution in [0.1, 0.15) is 6.92 Å². The quantitative estimate of drug-likeness (QED) is 0.375. The van der Waals surface area contributed by atoms with Gasteiger partial charge in [0.05, 0.1) is 0 Å². The molecule has 2 unspecified atom stereocenters. The molecule has 0 aliphatic rings. The molecule has 6 heteroatoms. The van der Waals surface area contributed by atoms with Crippen molar-refractivity contribution in [2.24, 2.45) is 0 Å². The number of carboxylic acid groups (broad SMARTS) is 1. The van der Waals surface area contributed by atoms with Crippen LogP contribution in [-0.2, 0) is 14.3 Å². The third-order valence-corrected chi connectivity index (χ3v) is 2.51. The van der Waals surface area contributed by atoms with Gasteiger partial charge in [0.15, 0.2) is 0 Å². The first-order valence-electron chi connectivity index (χ1n) is 3.87. The first kappa shape index (κ1) is 13.4. The molecule has 0 bridgehead atoms. The second-order valence-electron chi connectivity index (χ2n) is 2.61. The molecule has 0 radical (unpaired) electrons. The van der Waals surface area contributed by atoms with Crippen molar-refractivity contribution < 1.29 is 19.4 Å². The van der Waals surface area contributed by atoms with Crippen LogP contribution < -0.4 is 0 Å². The molecule has 80 valence electrons. The molecule has 0 heterocycles. The summed E-state index contributed by atoms with van der Waals surface area (Å²) >= 11 is 8.21. The minimum absolute atomic E-state index is 0.00501. The second kappa shape index (κ2) is 6.78. The van der Waals surface area contributed by atoms with Crippen LogP contribution in [0, 0.1) is 0 Å². The van der Waals surface area contributed by atoms with Crippen LogP contribution in [0.15, 0.2) is 12.2 Å². The van der Waals surface area contributed by atoms with Crippen LogP contribution in [-0.4, -0.2) is 34.2 Å². The predicted molar refractivity (Wildman–Crippen MR) is 59.0 cm³/mol. The molecular formula is C8H12O4S2. The van der Waals surface area contributed by atoms with Gasteiger partial charge in [0.2, 0.25) is 0 Å². The highest BCUT2D eigenvalue weighted by molar-refractivity contribution is 7.85. The Morgan fingerprint density at radius 2 is 2.00 bits per heavy atom. The summed E-state index contributed by atoms with van der Waals surface area (Å²) < 4.78 is 4.70. The minimum atomic E-state index is -1.19. The summed E-state index contributed by atoms with van der Waals surface area (Å²) in [6, 6.07) is 0. The first-order valence-corrected chi connectivity index (χ1v) is 4.90. The van der Waals surface area contributed by atoms with E-state index in [1.165, 1.54) is 0 Å². The second-order valence-corrected chi connectivity index (χ2v) is 4.09. The number of hydrogen-bond donors (Lipinski definition) is 3. The van der Waals surface area contributed by atoms with E-state index in [1.54, 1.807) is 0 Å². The van der Waals surface area contributed by atoms with Gasteiger partial charge in [-0.1, -0.05) is 6.92 Å². The van der Waals surface area contributed by atoms with E-state index in [1.807, 2.05) is 6.92 Å². The number of rotatable bonds is 5. The number of esters is 1. The van der Waals surface area contributed by atoms with Crippen LogP contribution in [0.2, 0.25) is 0 Å². The van der Waals surface area contributed by atoms with Crippen LogP contribution in [0.3, 0.4) is 0 Å². The molecule has 1 N–H and O–H groups in total. The number of aliphatic carboxylic acids is 1. The van der Waals surface area contributed by atoms with E-state index in [9.17, 15) is 9.59 Å². The Labute approximate surface area is 93.1 Å². The van der Waals surface area contributed by atoms with E-state index < -0.39 is 11.9 Å². The number of hydrogen-bond acceptors (Lipinski definition) is 5. The lowest BCUT2D eigenvalue weighted by Gasteiger charge is -2.12. The van der Waals surface area contributed by atoms with Gasteiger partial charge in [-0.3, -0.25) is 0 Å². The molecular weight excluding hydrogens is 224 g/mol. The average Bonchev–Trinajstić information content (AvgIpc) is 2.10. The third kappa shape index (κ3) is 6.85. The molecule has 0 aliphatic heterocycles. The summed E-state index contributed by atoms with van der Waals surface area (Å²) in [7, 11) is 0. The van der Waals surface area contributed by atoms with Gasteiger partial charge in [-0.05, 0) is 0 Å². The third-order valence-electron chi connectivity index (χ3n) is 1.32. The molecule has 2 atom stereocenters. The van der Waals surface area contributed by atoms with Gasteiger partial charge in [0.1, 0.15) is 6.61 Å². The van der Waals surface area contributed by atoms with Crippen LogP contribution in [0.25, 0.3) is 0 Å². The molecule has 0 amide bonds. The van der Waals surface area contributed by atoms with Crippen molar-refractivity contribution >= 4 is 37.2 Å². The standard InChI is InChI=1S/C8H12O4S2/c1-5(13)6(14)4-12-8(11)3-2-7(9)10/h2-3,5-6,13-14H,4H2,1H3,(H,9,10)/b3-2-. The summed E-state index contributed by atoms with van der Waals surface area (Å²) in [5.41, 5.74) is 0. The monoisotopic (exact) mass is 236 g/mol. The molecule has 0 aromatic heterocycles. The van der Waals surface area contributed by atoms with E-state index in [-0.39, 0.29) is 17.1 Å². The lowest BCUT2D eigenvalue weighted by Crippen LogP contribution is -2.20. The van der Waals surface area contributed by atoms with Crippen molar-refractivity contribution in [2.75, 3.05) is 6.61 Å². The lowest BCUT2D eigenvalue weighted by molar-refractivity contribution is -0.138. The van der Waals surface area contributed by atoms with Gasteiger partial charge < -0.3 is 9.84 Å². The Hall–Kier alpha value is -0.620. The maximum absolute atomic E-state index is 10.8. The van der Waals surface area contributed by atoms with Crippen molar-refractivity contribution in [2.45, 2.75) is 17.4 Å². The molecule has 0 aliphatic carbocycles. The number of thiol groups is 2. The zero-order valence-corrected chi connectivity index (χ0v) is 9.37. The fourth-order valence-corrected chi connectivity index (χ4v) is 0.655. The van der Waals surface area contributed by atoms with Gasteiger partial charge in [-0.2, -0.15) is 25.3 Å². The normalized spacial score (nSPS) is 15.1. The Bertz CT molecular complexity index is 237. The van der Waals surface area contributed by atoms with E-state index in [0.717, 1.165) is 12.2 Å². The highest BCUT2D eigenvalue weighted by Gasteiger charge is 2.10. The fraction of sp³-hybridized carbons (Fsp3) is 0.500. The molecule has 0 aromatic rings. The molecule has 0 rings (SSSR count). The molecule has 0 saturated heterocycles. The lowest BCUT2D eigenvalue weighted by atomic mass is 10.3. The zero-order valence-electron chi connectivity index (χ0n) is 7.58. The van der Waals surface area contributed by atoms with Crippen molar-refractivity contribution in [1.29, 1.82) is 0 Å². The van der Waals surface area contributed by atoms with Gasteiger partial charge in [-0.25, -0.2) is 9.59 Å². The van der Waals surface area contributed by atoms with E-state index in [2.05, 4.69) is 25.3 Å². The van der Waals surface area contributed by atoms with Gasteiger partial charge in [0, 0.05) is 22.7 Å². The van der Waals surface area contributed by atoms with E-state index in [0.29, 0.717) is 0 Å². The van der Waals surface area contributed by atoms with Gasteiger partial charge in [0.25, 0.3) is 0 Å². The molecule has 14 heavy (non-hydrogen) atoms. The maximum atomic E-state index is 10.8. The Kier molecular flexibility index (Phi) is 6.48. The number of carbonyl (C=O) groups excluding carboxylic acids is 1. The zero-order chi connectivity index (χ0) is 11.1. The van der Waals surface area contributed by atoms with Crippen LogP contribution >= 0.6 is 25.3 Å². The average molecular weight is 236 g/mol. The van der Waals surface area contributed by atoms with Crippen molar-refractivity contribution in [1.82, 2.24) is 0 Å². The molecule has 0 saturated carbocycles. The Balaban J connectivity index is 3.80. The maximum Gasteiger partial charge on any atom is 0.331 e. The van der Waals surface area contributed by atoms with Crippen molar-refractivity contribution in [3.05, 3.63) is 12.2 Å². The van der Waals surface area contributed by atoms with Crippen LogP contribution in [0.5, 0.6) is 0 Å². The Morgan fingerprint density at radius 3 is 2.43 bits per heavy atom. The summed E-state index contributed by atoms with van der Waals surface area (Å²) in [5, 5.41) is 8.03. The van der Waals surface area contributed by atoms with E-state index in [4.69, 9.17) is 9.84 Å². The highest BCUT2D eigenvalue weighted by atomic mass is 32.1. The number of ether oxygens (including phenoxy) is 1. The summed E-state index contributed by atoms with van der Waals surface area (Å²) in [6.45, 7) is 1.93. The smallest absolute Gasteiger partial charge is 0.331 e. The van der Waals surface area contributed by atoms with Crippen LogP contribution in [0.4, 0.5) is 0 Å². The minimum Gasteiger partial charge on any atom is -0.478 e. The largest absolute Gasteiger partial charge is 0.478 e. The summed E-state index contributed by atoms with van der Waals surface area (Å²) in [4.78, 5) is 20.9. The fourth-order valence-electron chi connectivity index (χ4n) is 0.494. The first-order chi connectivity index (χ1) is 6.43. The van der Waals surface area contributed by atoms with Crippen molar-refractivity contribution in [3.63, 3.8) is 0 Å². The topological polar surface area (TPSA) is 63.6 Å². The number of carbonyl (C=O) groups is 2. The van der Waals surface area contributed by atoms with Gasteiger partial charge in [-0.15, -0.1) is 0 Å². The summed E-state index contributed by atoms with van der Waals surface area (Å²) in [5.74, 6) is -1.88. The molecule has 0 aromatic carbocycles. The van der Waals surface area contributed by atoms with Crippen molar-refractivity contribution in [3.8, 4) is 0 Å². The molecule has 4 nitrogen and oxygen atoms in total. The SMILES string of the molecule is CC(S)C(S)COC(=O)/C=C\C(=O)O. The van der Waals surface area contributed by atoms with Gasteiger partial charge >= 0.3 is 11.9 Å². The molecule has 0 fully saturated rings. The number of carboxylic acids is 1. The summed E-state index contributed by atoms with van der Waals surface area (Å²) in [6.07, 6.45) is 1.58. The Morgan fingerprint density at radius 1 is 1.43 bits per heavy atom.